The van der Waals surface area contributed by atoms with E-state index in [2.05, 4.69) is 56.6 Å². The van der Waals surface area contributed by atoms with E-state index in [9.17, 15) is 0 Å². The fraction of sp³-hybridized carbons (Fsp3) is 0.353. The first kappa shape index (κ1) is 13.8. The van der Waals surface area contributed by atoms with Crippen molar-refractivity contribution in [1.29, 1.82) is 0 Å². The van der Waals surface area contributed by atoms with Crippen LogP contribution in [-0.2, 0) is 0 Å². The number of pyridine rings is 1. The molecule has 1 aliphatic rings. The van der Waals surface area contributed by atoms with E-state index in [4.69, 9.17) is 0 Å². The third kappa shape index (κ3) is 2.79. The highest BCUT2D eigenvalue weighted by Crippen LogP contribution is 2.37. The molecule has 1 fully saturated rings. The predicted octanol–water partition coefficient (Wildman–Crippen LogP) is 4.42. The summed E-state index contributed by atoms with van der Waals surface area (Å²) < 4.78 is 1.01. The molecule has 0 saturated heterocycles. The van der Waals surface area contributed by atoms with Gasteiger partial charge in [0.15, 0.2) is 0 Å². The van der Waals surface area contributed by atoms with Gasteiger partial charge in [0.2, 0.25) is 0 Å². The minimum Gasteiger partial charge on any atom is -0.308 e. The maximum atomic E-state index is 4.53. The summed E-state index contributed by atoms with van der Waals surface area (Å²) in [7, 11) is 1.99. The van der Waals surface area contributed by atoms with Crippen molar-refractivity contribution in [3.63, 3.8) is 0 Å². The van der Waals surface area contributed by atoms with E-state index >= 15 is 0 Å². The third-order valence-corrected chi connectivity index (χ3v) is 4.62. The first-order valence-electron chi connectivity index (χ1n) is 7.16. The van der Waals surface area contributed by atoms with Gasteiger partial charge in [0.25, 0.3) is 0 Å². The van der Waals surface area contributed by atoms with Crippen LogP contribution in [0, 0.1) is 0 Å². The van der Waals surface area contributed by atoms with Crippen LogP contribution in [0.3, 0.4) is 0 Å². The average Bonchev–Trinajstić information content (AvgIpc) is 2.40. The Hall–Kier alpha value is -1.19. The molecule has 2 aromatic rings. The summed E-state index contributed by atoms with van der Waals surface area (Å²) in [6.07, 6.45) is 5.91. The van der Waals surface area contributed by atoms with Crippen molar-refractivity contribution in [2.45, 2.75) is 31.2 Å². The van der Waals surface area contributed by atoms with Crippen LogP contribution < -0.4 is 5.32 Å². The number of nitrogens with zero attached hydrogens (tertiary/aromatic N) is 1. The van der Waals surface area contributed by atoms with Crippen molar-refractivity contribution in [2.75, 3.05) is 7.05 Å². The molecule has 2 nitrogen and oxygen atoms in total. The molecule has 0 amide bonds. The topological polar surface area (TPSA) is 24.9 Å². The molecule has 0 spiro atoms. The lowest BCUT2D eigenvalue weighted by Gasteiger charge is -2.27. The van der Waals surface area contributed by atoms with Crippen molar-refractivity contribution in [3.05, 3.63) is 63.9 Å². The number of hydrogen-bond donors (Lipinski definition) is 1. The Morgan fingerprint density at radius 1 is 1.25 bits per heavy atom. The lowest BCUT2D eigenvalue weighted by molar-refractivity contribution is 0.419. The second-order valence-electron chi connectivity index (χ2n) is 5.42. The molecule has 104 valence electrons. The van der Waals surface area contributed by atoms with Crippen LogP contribution in [0.5, 0.6) is 0 Å². The number of aromatic nitrogens is 1. The van der Waals surface area contributed by atoms with Gasteiger partial charge in [0.05, 0.1) is 11.7 Å². The largest absolute Gasteiger partial charge is 0.308 e. The first-order valence-corrected chi connectivity index (χ1v) is 7.96. The molecule has 3 rings (SSSR count). The summed E-state index contributed by atoms with van der Waals surface area (Å²) in [6, 6.07) is 13.2. The smallest absolute Gasteiger partial charge is 0.0749 e. The number of nitrogens with one attached hydrogen (secondary N) is 1. The molecule has 0 aliphatic heterocycles. The van der Waals surface area contributed by atoms with Crippen LogP contribution in [0.1, 0.15) is 48.0 Å². The highest BCUT2D eigenvalue weighted by molar-refractivity contribution is 9.10. The maximum Gasteiger partial charge on any atom is 0.0749 e. The van der Waals surface area contributed by atoms with Crippen molar-refractivity contribution >= 4 is 15.9 Å². The van der Waals surface area contributed by atoms with E-state index < -0.39 is 0 Å². The molecule has 1 aliphatic carbocycles. The predicted molar refractivity (Wildman–Crippen MR) is 85.9 cm³/mol. The van der Waals surface area contributed by atoms with E-state index in [-0.39, 0.29) is 6.04 Å². The summed E-state index contributed by atoms with van der Waals surface area (Å²) in [5.74, 6) is 0.769. The molecule has 1 heterocycles. The van der Waals surface area contributed by atoms with E-state index in [1.165, 1.54) is 30.4 Å². The Morgan fingerprint density at radius 2 is 2.10 bits per heavy atom. The minimum absolute atomic E-state index is 0.156. The zero-order chi connectivity index (χ0) is 13.9. The second-order valence-corrected chi connectivity index (χ2v) is 6.34. The molecule has 20 heavy (non-hydrogen) atoms. The fourth-order valence-corrected chi connectivity index (χ4v) is 3.01. The molecular weight excluding hydrogens is 312 g/mol. The Kier molecular flexibility index (Phi) is 4.18. The van der Waals surface area contributed by atoms with Gasteiger partial charge in [-0.25, -0.2) is 0 Å². The standard InChI is InChI=1S/C17H19BrN2/c1-19-17(16-9-8-15(18)11-20-16)14-7-3-6-13(10-14)12-4-2-5-12/h3,6-12,17,19H,2,4-5H2,1H3. The van der Waals surface area contributed by atoms with E-state index in [0.717, 1.165) is 16.1 Å². The van der Waals surface area contributed by atoms with Crippen LogP contribution in [0.25, 0.3) is 0 Å². The number of rotatable bonds is 4. The van der Waals surface area contributed by atoms with Gasteiger partial charge in [-0.3, -0.25) is 4.98 Å². The summed E-state index contributed by atoms with van der Waals surface area (Å²) in [5.41, 5.74) is 3.83. The van der Waals surface area contributed by atoms with Crippen molar-refractivity contribution in [1.82, 2.24) is 10.3 Å². The van der Waals surface area contributed by atoms with Crippen LogP contribution in [-0.4, -0.2) is 12.0 Å². The number of halogens is 1. The van der Waals surface area contributed by atoms with Crippen LogP contribution >= 0.6 is 15.9 Å². The SMILES string of the molecule is CNC(c1cccc(C2CCC2)c1)c1ccc(Br)cn1. The van der Waals surface area contributed by atoms with Crippen molar-refractivity contribution in [3.8, 4) is 0 Å². The molecule has 1 N–H and O–H groups in total. The van der Waals surface area contributed by atoms with Gasteiger partial charge in [-0.2, -0.15) is 0 Å². The quantitative estimate of drug-likeness (QED) is 0.897. The molecular formula is C17H19BrN2. The molecule has 3 heteroatoms. The second kappa shape index (κ2) is 6.06. The zero-order valence-corrected chi connectivity index (χ0v) is 13.2. The summed E-state index contributed by atoms with van der Waals surface area (Å²) >= 11 is 3.44. The van der Waals surface area contributed by atoms with Crippen molar-refractivity contribution in [2.24, 2.45) is 0 Å². The zero-order valence-electron chi connectivity index (χ0n) is 11.6. The van der Waals surface area contributed by atoms with Gasteiger partial charge in [-0.1, -0.05) is 30.7 Å². The first-order chi connectivity index (χ1) is 9.78. The lowest BCUT2D eigenvalue weighted by Crippen LogP contribution is -2.19. The highest BCUT2D eigenvalue weighted by Gasteiger charge is 2.21. The maximum absolute atomic E-state index is 4.53. The third-order valence-electron chi connectivity index (χ3n) is 4.16. The van der Waals surface area contributed by atoms with Gasteiger partial charge in [-0.15, -0.1) is 0 Å². The van der Waals surface area contributed by atoms with Gasteiger partial charge in [0, 0.05) is 10.7 Å². The van der Waals surface area contributed by atoms with E-state index in [0.29, 0.717) is 0 Å². The Balaban J connectivity index is 1.90. The molecule has 1 aromatic heterocycles. The average molecular weight is 331 g/mol. The molecule has 1 aromatic carbocycles. The van der Waals surface area contributed by atoms with Gasteiger partial charge in [0.1, 0.15) is 0 Å². The Morgan fingerprint density at radius 3 is 2.70 bits per heavy atom. The molecule has 1 unspecified atom stereocenters. The number of hydrogen-bond acceptors (Lipinski definition) is 2. The molecule has 0 bridgehead atoms. The Bertz CT molecular complexity index is 576. The summed E-state index contributed by atoms with van der Waals surface area (Å²) in [5, 5.41) is 3.38. The monoisotopic (exact) mass is 330 g/mol. The normalized spacial score (nSPS) is 16.7. The van der Waals surface area contributed by atoms with Crippen LogP contribution in [0.2, 0.25) is 0 Å². The summed E-state index contributed by atoms with van der Waals surface area (Å²) in [6.45, 7) is 0. The Labute approximate surface area is 128 Å². The number of benzene rings is 1. The fourth-order valence-electron chi connectivity index (χ4n) is 2.78. The molecule has 1 saturated carbocycles. The highest BCUT2D eigenvalue weighted by atomic mass is 79.9. The van der Waals surface area contributed by atoms with Gasteiger partial charge >= 0.3 is 0 Å². The molecule has 1 atom stereocenters. The molecule has 0 radical (unpaired) electrons. The lowest BCUT2D eigenvalue weighted by atomic mass is 9.79. The van der Waals surface area contributed by atoms with Gasteiger partial charge in [-0.05, 0) is 65.0 Å². The van der Waals surface area contributed by atoms with Crippen molar-refractivity contribution < 1.29 is 0 Å². The van der Waals surface area contributed by atoms with E-state index in [1.807, 2.05) is 19.3 Å². The van der Waals surface area contributed by atoms with Crippen LogP contribution in [0.4, 0.5) is 0 Å². The van der Waals surface area contributed by atoms with E-state index in [1.54, 1.807) is 0 Å². The summed E-state index contributed by atoms with van der Waals surface area (Å²) in [4.78, 5) is 4.53. The minimum atomic E-state index is 0.156. The van der Waals surface area contributed by atoms with Gasteiger partial charge < -0.3 is 5.32 Å². The van der Waals surface area contributed by atoms with Crippen LogP contribution in [0.15, 0.2) is 47.1 Å².